The first kappa shape index (κ1) is 26.0. The average molecular weight is 452 g/mol. The lowest BCUT2D eigenvalue weighted by molar-refractivity contribution is 0.302. The first-order chi connectivity index (χ1) is 16.3. The Morgan fingerprint density at radius 3 is 2.30 bits per heavy atom. The number of hydrogen-bond acceptors (Lipinski definition) is 5. The molecule has 0 unspecified atom stereocenters. The van der Waals surface area contributed by atoms with Crippen molar-refractivity contribution in [2.24, 2.45) is 4.99 Å². The summed E-state index contributed by atoms with van der Waals surface area (Å²) in [6.07, 6.45) is 17.6. The summed E-state index contributed by atoms with van der Waals surface area (Å²) < 4.78 is 11.0. The van der Waals surface area contributed by atoms with Crippen LogP contribution in [0.15, 0.2) is 53.8 Å². The second-order valence-electron chi connectivity index (χ2n) is 7.90. The maximum Gasteiger partial charge on any atom is 0.209 e. The molecule has 2 rings (SSSR count). The number of nitrogens with one attached hydrogen (secondary N) is 2. The van der Waals surface area contributed by atoms with Crippen LogP contribution < -0.4 is 20.1 Å². The van der Waals surface area contributed by atoms with Crippen LogP contribution in [0.2, 0.25) is 0 Å². The number of nitriles is 1. The number of unbranched alkanes of at least 4 members (excludes halogenated alkanes) is 9. The molecule has 33 heavy (non-hydrogen) atoms. The van der Waals surface area contributed by atoms with E-state index in [0.29, 0.717) is 11.6 Å². The second-order valence-corrected chi connectivity index (χ2v) is 7.90. The molecule has 0 saturated carbocycles. The van der Waals surface area contributed by atoms with E-state index < -0.39 is 0 Å². The molecule has 0 aliphatic carbocycles. The molecule has 1 heterocycles. The summed E-state index contributed by atoms with van der Waals surface area (Å²) in [7, 11) is 1.67. The highest BCUT2D eigenvalue weighted by molar-refractivity contribution is 5.83. The number of nitrogens with zero attached hydrogens (tertiary/aromatic N) is 3. The highest BCUT2D eigenvalue weighted by atomic mass is 16.5. The van der Waals surface area contributed by atoms with E-state index in [-0.39, 0.29) is 0 Å². The van der Waals surface area contributed by atoms with Gasteiger partial charge in [-0.25, -0.2) is 4.99 Å². The Morgan fingerprint density at radius 2 is 1.64 bits per heavy atom. The summed E-state index contributed by atoms with van der Waals surface area (Å²) >= 11 is 0. The van der Waals surface area contributed by atoms with E-state index in [9.17, 15) is 0 Å². The Kier molecular flexibility index (Phi) is 13.6. The molecule has 0 aliphatic rings. The average Bonchev–Trinajstić information content (AvgIpc) is 2.85. The van der Waals surface area contributed by atoms with Gasteiger partial charge in [-0.05, 0) is 37.1 Å². The lowest BCUT2D eigenvalue weighted by Gasteiger charge is -2.08. The largest absolute Gasteiger partial charge is 0.497 e. The fourth-order valence-electron chi connectivity index (χ4n) is 3.44. The number of rotatable bonds is 16. The standard InChI is InChI=1S/C26H37N5O2/c1-32-24-15-12-16-25(20-24)33-19-11-9-7-5-3-2-4-6-8-10-18-29-26(30-22-27)31-23-14-13-17-28-21-23/h12-17,20-21H,2-11,18-19H2,1H3,(H2,29,30,31). The van der Waals surface area contributed by atoms with E-state index in [4.69, 9.17) is 14.7 Å². The van der Waals surface area contributed by atoms with Crippen molar-refractivity contribution in [1.82, 2.24) is 15.6 Å². The van der Waals surface area contributed by atoms with Crippen molar-refractivity contribution in [3.05, 3.63) is 48.8 Å². The smallest absolute Gasteiger partial charge is 0.209 e. The number of methoxy groups -OCH3 is 1. The predicted molar refractivity (Wildman–Crippen MR) is 133 cm³/mol. The molecule has 7 nitrogen and oxygen atoms in total. The highest BCUT2D eigenvalue weighted by Gasteiger charge is 1.99. The van der Waals surface area contributed by atoms with Crippen molar-refractivity contribution < 1.29 is 9.47 Å². The molecule has 0 spiro atoms. The molecule has 0 aliphatic heterocycles. The van der Waals surface area contributed by atoms with Crippen molar-refractivity contribution in [1.29, 1.82) is 5.26 Å². The van der Waals surface area contributed by atoms with Gasteiger partial charge < -0.3 is 14.8 Å². The summed E-state index contributed by atoms with van der Waals surface area (Å²) in [5.41, 5.74) is 0.715. The first-order valence-corrected chi connectivity index (χ1v) is 12.0. The molecule has 0 atom stereocenters. The Bertz CT molecular complexity index is 836. The van der Waals surface area contributed by atoms with E-state index >= 15 is 0 Å². The van der Waals surface area contributed by atoms with Crippen LogP contribution in [0.3, 0.4) is 0 Å². The summed E-state index contributed by atoms with van der Waals surface area (Å²) in [5.74, 6) is 2.18. The summed E-state index contributed by atoms with van der Waals surface area (Å²) in [5, 5.41) is 14.7. The van der Waals surface area contributed by atoms with Gasteiger partial charge in [-0.3, -0.25) is 10.3 Å². The third kappa shape index (κ3) is 12.4. The number of benzene rings is 1. The minimum Gasteiger partial charge on any atom is -0.497 e. The van der Waals surface area contributed by atoms with E-state index in [1.165, 1.54) is 51.4 Å². The SMILES string of the molecule is COc1cccc(OCCCCCCCCCCCCN/C(=N/c2cccnc2)NC#N)c1. The van der Waals surface area contributed by atoms with Crippen LogP contribution in [-0.4, -0.2) is 31.2 Å². The molecule has 0 radical (unpaired) electrons. The van der Waals surface area contributed by atoms with Gasteiger partial charge >= 0.3 is 0 Å². The fourth-order valence-corrected chi connectivity index (χ4v) is 3.44. The van der Waals surface area contributed by atoms with E-state index in [0.717, 1.165) is 37.5 Å². The van der Waals surface area contributed by atoms with Gasteiger partial charge in [0.1, 0.15) is 11.5 Å². The van der Waals surface area contributed by atoms with Crippen LogP contribution >= 0.6 is 0 Å². The molecule has 0 bridgehead atoms. The van der Waals surface area contributed by atoms with Gasteiger partial charge in [-0.15, -0.1) is 0 Å². The zero-order chi connectivity index (χ0) is 23.4. The van der Waals surface area contributed by atoms with Crippen molar-refractivity contribution in [2.75, 3.05) is 20.3 Å². The number of aliphatic imine (C=N–C) groups is 1. The van der Waals surface area contributed by atoms with Crippen molar-refractivity contribution in [3.63, 3.8) is 0 Å². The topological polar surface area (TPSA) is 91.6 Å². The molecule has 1 aromatic carbocycles. The molecule has 2 aromatic rings. The van der Waals surface area contributed by atoms with Gasteiger partial charge in [0.15, 0.2) is 6.19 Å². The predicted octanol–water partition coefficient (Wildman–Crippen LogP) is 5.72. The van der Waals surface area contributed by atoms with Gasteiger partial charge in [0.05, 0.1) is 25.6 Å². The Hall–Kier alpha value is -3.27. The third-order valence-corrected chi connectivity index (χ3v) is 5.23. The molecule has 7 heteroatoms. The Balaban J connectivity index is 1.39. The quantitative estimate of drug-likeness (QED) is 0.112. The van der Waals surface area contributed by atoms with Crippen LogP contribution in [0.5, 0.6) is 11.5 Å². The third-order valence-electron chi connectivity index (χ3n) is 5.23. The number of pyridine rings is 1. The van der Waals surface area contributed by atoms with E-state index in [2.05, 4.69) is 20.6 Å². The molecule has 0 saturated heterocycles. The highest BCUT2D eigenvalue weighted by Crippen LogP contribution is 2.19. The molecular weight excluding hydrogens is 414 g/mol. The normalized spacial score (nSPS) is 11.0. The van der Waals surface area contributed by atoms with Crippen molar-refractivity contribution >= 4 is 11.6 Å². The molecule has 178 valence electrons. The van der Waals surface area contributed by atoms with E-state index in [1.54, 1.807) is 19.5 Å². The lowest BCUT2D eigenvalue weighted by atomic mass is 10.1. The number of ether oxygens (including phenoxy) is 2. The van der Waals surface area contributed by atoms with Gasteiger partial charge in [-0.1, -0.05) is 57.4 Å². The first-order valence-electron chi connectivity index (χ1n) is 12.0. The summed E-state index contributed by atoms with van der Waals surface area (Å²) in [6.45, 7) is 1.56. The summed E-state index contributed by atoms with van der Waals surface area (Å²) in [4.78, 5) is 8.39. The zero-order valence-corrected chi connectivity index (χ0v) is 19.8. The summed E-state index contributed by atoms with van der Waals surface area (Å²) in [6, 6.07) is 11.4. The lowest BCUT2D eigenvalue weighted by Crippen LogP contribution is -2.34. The minimum atomic E-state index is 0.472. The van der Waals surface area contributed by atoms with Crippen molar-refractivity contribution in [3.8, 4) is 17.7 Å². The van der Waals surface area contributed by atoms with Crippen LogP contribution in [0.25, 0.3) is 0 Å². The van der Waals surface area contributed by atoms with Crippen LogP contribution in [0.4, 0.5) is 5.69 Å². The molecule has 0 fully saturated rings. The maximum absolute atomic E-state index is 8.88. The second kappa shape index (κ2) is 17.3. The van der Waals surface area contributed by atoms with Gasteiger partial charge in [0, 0.05) is 18.8 Å². The van der Waals surface area contributed by atoms with Crippen LogP contribution in [0.1, 0.15) is 64.2 Å². The number of guanidine groups is 1. The van der Waals surface area contributed by atoms with Crippen LogP contribution in [-0.2, 0) is 0 Å². The number of aromatic nitrogens is 1. The molecule has 0 amide bonds. The van der Waals surface area contributed by atoms with Gasteiger partial charge in [0.2, 0.25) is 5.96 Å². The molecule has 2 N–H and O–H groups in total. The van der Waals surface area contributed by atoms with E-state index in [1.807, 2.05) is 42.6 Å². The van der Waals surface area contributed by atoms with Crippen molar-refractivity contribution in [2.45, 2.75) is 64.2 Å². The van der Waals surface area contributed by atoms with Crippen LogP contribution in [0, 0.1) is 11.5 Å². The monoisotopic (exact) mass is 451 g/mol. The zero-order valence-electron chi connectivity index (χ0n) is 19.8. The number of hydrogen-bond donors (Lipinski definition) is 2. The molecular formula is C26H37N5O2. The maximum atomic E-state index is 8.88. The fraction of sp³-hybridized carbons (Fsp3) is 0.500. The van der Waals surface area contributed by atoms with Gasteiger partial charge in [-0.2, -0.15) is 5.26 Å². The molecule has 1 aromatic heterocycles. The van der Waals surface area contributed by atoms with Gasteiger partial charge in [0.25, 0.3) is 0 Å². The Labute approximate surface area is 198 Å². The Morgan fingerprint density at radius 1 is 0.939 bits per heavy atom. The minimum absolute atomic E-state index is 0.472.